The Bertz CT molecular complexity index is 422. The van der Waals surface area contributed by atoms with E-state index >= 15 is 0 Å². The molecule has 0 radical (unpaired) electrons. The Balaban J connectivity index is 2.89. The highest BCUT2D eigenvalue weighted by atomic mass is 15.2. The first-order chi connectivity index (χ1) is 5.42. The average Bonchev–Trinajstić information content (AvgIpc) is 2.47. The number of hydrogen-bond donors (Lipinski definition) is 0. The van der Waals surface area contributed by atoms with Crippen molar-refractivity contribution in [3.05, 3.63) is 30.4 Å². The maximum absolute atomic E-state index is 5.23. The van der Waals surface area contributed by atoms with E-state index in [0.29, 0.717) is 0 Å². The van der Waals surface area contributed by atoms with Crippen molar-refractivity contribution in [2.75, 3.05) is 0 Å². The summed E-state index contributed by atoms with van der Waals surface area (Å²) in [5, 5.41) is 4.02. The van der Waals surface area contributed by atoms with Gasteiger partial charge < -0.3 is 0 Å². The molecule has 0 aromatic carbocycles. The summed E-state index contributed by atoms with van der Waals surface area (Å²) in [5.41, 5.74) is 1.65. The van der Waals surface area contributed by atoms with Crippen molar-refractivity contribution in [1.29, 1.82) is 0 Å². The van der Waals surface area contributed by atoms with Crippen molar-refractivity contribution in [3.8, 4) is 12.3 Å². The van der Waals surface area contributed by atoms with Crippen molar-refractivity contribution in [2.24, 2.45) is 0 Å². The molecule has 0 aliphatic carbocycles. The summed E-state index contributed by atoms with van der Waals surface area (Å²) in [4.78, 5) is 3.94. The van der Waals surface area contributed by atoms with Gasteiger partial charge in [0.25, 0.3) is 0 Å². The van der Waals surface area contributed by atoms with Crippen molar-refractivity contribution in [3.63, 3.8) is 0 Å². The molecule has 0 unspecified atom stereocenters. The number of aromatic nitrogens is 3. The van der Waals surface area contributed by atoms with Crippen LogP contribution in [-0.4, -0.2) is 14.6 Å². The van der Waals surface area contributed by atoms with Crippen molar-refractivity contribution in [1.82, 2.24) is 14.6 Å². The molecule has 11 heavy (non-hydrogen) atoms. The molecule has 0 aliphatic heterocycles. The molecule has 0 bridgehead atoms. The van der Waals surface area contributed by atoms with Crippen LogP contribution in [0.2, 0.25) is 0 Å². The Labute approximate surface area is 63.7 Å². The summed E-state index contributed by atoms with van der Waals surface area (Å²) in [5.74, 6) is 2.53. The fourth-order valence-electron chi connectivity index (χ4n) is 0.946. The van der Waals surface area contributed by atoms with Crippen LogP contribution in [0.15, 0.2) is 24.8 Å². The van der Waals surface area contributed by atoms with Gasteiger partial charge in [-0.15, -0.1) is 6.42 Å². The van der Waals surface area contributed by atoms with Crippen molar-refractivity contribution in [2.45, 2.75) is 0 Å². The average molecular weight is 143 g/mol. The molecular weight excluding hydrogens is 138 g/mol. The molecule has 0 saturated heterocycles. The van der Waals surface area contributed by atoms with Crippen LogP contribution in [-0.2, 0) is 0 Å². The van der Waals surface area contributed by atoms with Gasteiger partial charge in [0.05, 0.1) is 18.0 Å². The molecule has 0 saturated carbocycles. The van der Waals surface area contributed by atoms with Crippen LogP contribution in [0.3, 0.4) is 0 Å². The van der Waals surface area contributed by atoms with Crippen LogP contribution in [0.1, 0.15) is 5.56 Å². The summed E-state index contributed by atoms with van der Waals surface area (Å²) in [6.07, 6.45) is 12.0. The van der Waals surface area contributed by atoms with Gasteiger partial charge in [0.15, 0.2) is 0 Å². The molecule has 0 fully saturated rings. The fraction of sp³-hybridized carbons (Fsp3) is 0. The molecule has 3 nitrogen and oxygen atoms in total. The van der Waals surface area contributed by atoms with Crippen LogP contribution < -0.4 is 0 Å². The highest BCUT2D eigenvalue weighted by Gasteiger charge is 1.97. The standard InChI is InChI=1S/C8H5N3/c1-2-7-5-10-11-4-3-9-6-8(7)11/h1,3-6H. The molecular formula is C8H5N3. The largest absolute Gasteiger partial charge is 0.261 e. The minimum atomic E-state index is 0.776. The molecule has 2 rings (SSSR count). The van der Waals surface area contributed by atoms with E-state index in [1.165, 1.54) is 0 Å². The third-order valence-corrected chi connectivity index (χ3v) is 1.48. The van der Waals surface area contributed by atoms with E-state index < -0.39 is 0 Å². The van der Waals surface area contributed by atoms with Crippen molar-refractivity contribution < 1.29 is 0 Å². The molecule has 3 heteroatoms. The molecule has 0 atom stereocenters. The normalized spacial score (nSPS) is 9.73. The third-order valence-electron chi connectivity index (χ3n) is 1.48. The Morgan fingerprint density at radius 2 is 2.36 bits per heavy atom. The number of fused-ring (bicyclic) bond motifs is 1. The molecule has 0 N–H and O–H groups in total. The van der Waals surface area contributed by atoms with Crippen LogP contribution in [0.5, 0.6) is 0 Å². The lowest BCUT2D eigenvalue weighted by atomic mass is 10.3. The number of rotatable bonds is 0. The van der Waals surface area contributed by atoms with Gasteiger partial charge in [-0.25, -0.2) is 4.52 Å². The Kier molecular flexibility index (Phi) is 1.13. The summed E-state index contributed by atoms with van der Waals surface area (Å²) in [7, 11) is 0. The first-order valence-electron chi connectivity index (χ1n) is 3.16. The van der Waals surface area contributed by atoms with E-state index in [4.69, 9.17) is 6.42 Å². The Hall–Kier alpha value is -1.82. The van der Waals surface area contributed by atoms with Gasteiger partial charge >= 0.3 is 0 Å². The van der Waals surface area contributed by atoms with Gasteiger partial charge in [0.1, 0.15) is 5.52 Å². The monoisotopic (exact) mass is 143 g/mol. The SMILES string of the molecule is C#Cc1cnn2ccncc12. The highest BCUT2D eigenvalue weighted by molar-refractivity contribution is 5.58. The second-order valence-corrected chi connectivity index (χ2v) is 2.11. The number of terminal acetylenes is 1. The zero-order valence-electron chi connectivity index (χ0n) is 5.73. The van der Waals surface area contributed by atoms with E-state index in [0.717, 1.165) is 11.1 Å². The van der Waals surface area contributed by atoms with Gasteiger partial charge in [-0.2, -0.15) is 5.10 Å². The lowest BCUT2D eigenvalue weighted by Gasteiger charge is -1.88. The van der Waals surface area contributed by atoms with Crippen LogP contribution >= 0.6 is 0 Å². The molecule has 2 aromatic heterocycles. The molecule has 2 heterocycles. The lowest BCUT2D eigenvalue weighted by Crippen LogP contribution is -1.85. The Morgan fingerprint density at radius 3 is 3.18 bits per heavy atom. The van der Waals surface area contributed by atoms with Crippen LogP contribution in [0, 0.1) is 12.3 Å². The van der Waals surface area contributed by atoms with Gasteiger partial charge in [-0.3, -0.25) is 4.98 Å². The maximum atomic E-state index is 5.23. The van der Waals surface area contributed by atoms with E-state index in [9.17, 15) is 0 Å². The summed E-state index contributed by atoms with van der Waals surface area (Å²) >= 11 is 0. The summed E-state index contributed by atoms with van der Waals surface area (Å²) in [6, 6.07) is 0. The zero-order valence-corrected chi connectivity index (χ0v) is 5.73. The minimum absolute atomic E-state index is 0.776. The molecule has 2 aromatic rings. The molecule has 0 amide bonds. The van der Waals surface area contributed by atoms with Gasteiger partial charge in [0.2, 0.25) is 0 Å². The predicted molar refractivity (Wildman–Crippen MR) is 40.9 cm³/mol. The topological polar surface area (TPSA) is 30.2 Å². The van der Waals surface area contributed by atoms with E-state index in [1.807, 2.05) is 0 Å². The molecule has 0 aliphatic rings. The van der Waals surface area contributed by atoms with Gasteiger partial charge in [-0.1, -0.05) is 5.92 Å². The van der Waals surface area contributed by atoms with Gasteiger partial charge in [0, 0.05) is 12.4 Å². The predicted octanol–water partition coefficient (Wildman–Crippen LogP) is 0.711. The van der Waals surface area contributed by atoms with Crippen LogP contribution in [0.25, 0.3) is 5.52 Å². The van der Waals surface area contributed by atoms with E-state index in [-0.39, 0.29) is 0 Å². The highest BCUT2D eigenvalue weighted by Crippen LogP contribution is 2.05. The van der Waals surface area contributed by atoms with E-state index in [2.05, 4.69) is 16.0 Å². The fourth-order valence-corrected chi connectivity index (χ4v) is 0.946. The first-order valence-corrected chi connectivity index (χ1v) is 3.16. The summed E-state index contributed by atoms with van der Waals surface area (Å²) in [6.45, 7) is 0. The maximum Gasteiger partial charge on any atom is 0.100 e. The number of nitrogens with zero attached hydrogens (tertiary/aromatic N) is 3. The van der Waals surface area contributed by atoms with Crippen molar-refractivity contribution >= 4 is 5.52 Å². The Morgan fingerprint density at radius 1 is 1.45 bits per heavy atom. The summed E-state index contributed by atoms with van der Waals surface area (Å²) < 4.78 is 1.70. The molecule has 52 valence electrons. The second-order valence-electron chi connectivity index (χ2n) is 2.11. The zero-order chi connectivity index (χ0) is 7.68. The minimum Gasteiger partial charge on any atom is -0.261 e. The van der Waals surface area contributed by atoms with E-state index in [1.54, 1.807) is 29.3 Å². The van der Waals surface area contributed by atoms with Crippen LogP contribution in [0.4, 0.5) is 0 Å². The first kappa shape index (κ1) is 5.93. The third kappa shape index (κ3) is 0.767. The molecule has 0 spiro atoms. The number of hydrogen-bond acceptors (Lipinski definition) is 2. The quantitative estimate of drug-likeness (QED) is 0.508. The smallest absolute Gasteiger partial charge is 0.100 e. The second kappa shape index (κ2) is 2.10. The van der Waals surface area contributed by atoms with Gasteiger partial charge in [-0.05, 0) is 0 Å². The lowest BCUT2D eigenvalue weighted by molar-refractivity contribution is 0.946.